The SMILES string of the molecule is COc1ccc([C@H](Cc2c(Cl)c[nH+]cc2Cl)OC(=O)c2ccc(CNC(C(=O)OCC3(C)CCN(C)CC3)c3ccccc3)s2)cc1OC. The smallest absolute Gasteiger partial charge is 0.348 e. The van der Waals surface area contributed by atoms with Crippen LogP contribution in [0.5, 0.6) is 11.5 Å². The fourth-order valence-corrected chi connectivity index (χ4v) is 7.10. The van der Waals surface area contributed by atoms with Crippen molar-refractivity contribution in [2.24, 2.45) is 5.41 Å². The van der Waals surface area contributed by atoms with Crippen LogP contribution in [0.4, 0.5) is 0 Å². The maximum atomic E-state index is 13.6. The Kier molecular flexibility index (Phi) is 12.6. The molecule has 260 valence electrons. The molecule has 0 amide bonds. The van der Waals surface area contributed by atoms with Gasteiger partial charge in [0.15, 0.2) is 23.9 Å². The number of aromatic amines is 1. The molecular weight excluding hydrogens is 685 g/mol. The highest BCUT2D eigenvalue weighted by atomic mass is 35.5. The molecule has 12 heteroatoms. The quantitative estimate of drug-likeness (QED) is 0.137. The Hall–Kier alpha value is -3.67. The Morgan fingerprint density at radius 1 is 0.959 bits per heavy atom. The van der Waals surface area contributed by atoms with Crippen molar-refractivity contribution in [3.63, 3.8) is 0 Å². The summed E-state index contributed by atoms with van der Waals surface area (Å²) in [5.74, 6) is 0.217. The second-order valence-electron chi connectivity index (χ2n) is 12.6. The number of ether oxygens (including phenoxy) is 4. The first-order chi connectivity index (χ1) is 23.6. The van der Waals surface area contributed by atoms with Gasteiger partial charge in [-0.05, 0) is 68.4 Å². The zero-order chi connectivity index (χ0) is 35.0. The summed E-state index contributed by atoms with van der Waals surface area (Å²) < 4.78 is 22.9. The van der Waals surface area contributed by atoms with Crippen molar-refractivity contribution in [3.8, 4) is 11.5 Å². The number of piperidine rings is 1. The molecule has 5 rings (SSSR count). The molecule has 1 fully saturated rings. The second kappa shape index (κ2) is 16.8. The molecule has 1 saturated heterocycles. The van der Waals surface area contributed by atoms with E-state index in [4.69, 9.17) is 42.1 Å². The number of nitrogens with one attached hydrogen (secondary N) is 2. The van der Waals surface area contributed by atoms with Crippen molar-refractivity contribution in [2.75, 3.05) is 41.0 Å². The maximum Gasteiger partial charge on any atom is 0.348 e. The number of carbonyl (C=O) groups is 2. The van der Waals surface area contributed by atoms with Crippen LogP contribution >= 0.6 is 34.5 Å². The minimum Gasteiger partial charge on any atom is -0.493 e. The van der Waals surface area contributed by atoms with Gasteiger partial charge in [-0.25, -0.2) is 14.6 Å². The summed E-state index contributed by atoms with van der Waals surface area (Å²) in [5, 5.41) is 4.21. The summed E-state index contributed by atoms with van der Waals surface area (Å²) in [6.07, 6.45) is 4.70. The molecule has 0 aliphatic carbocycles. The summed E-state index contributed by atoms with van der Waals surface area (Å²) in [6, 6.07) is 17.8. The van der Waals surface area contributed by atoms with Gasteiger partial charge in [0, 0.05) is 28.8 Å². The van der Waals surface area contributed by atoms with Gasteiger partial charge in [0.2, 0.25) is 0 Å². The highest BCUT2D eigenvalue weighted by Crippen LogP contribution is 2.36. The fourth-order valence-electron chi connectivity index (χ4n) is 5.72. The first-order valence-corrected chi connectivity index (χ1v) is 17.7. The van der Waals surface area contributed by atoms with Crippen molar-refractivity contribution >= 4 is 46.5 Å². The number of H-pyrrole nitrogens is 1. The standard InChI is InChI=1S/C37H41Cl2N3O6S/c1-37(14-16-42(2)17-15-37)23-47-36(44)34(24-8-6-5-7-9-24)41-20-26-11-13-33(49-26)35(43)48-31(19-27-28(38)21-40-22-29(27)39)25-10-12-30(45-3)32(18-25)46-4/h5-13,18,21-22,31,34,41H,14-17,19-20,23H2,1-4H3/p+1/t31-,34?/m0/s1. The molecule has 1 aliphatic heterocycles. The van der Waals surface area contributed by atoms with E-state index >= 15 is 0 Å². The first kappa shape index (κ1) is 36.6. The van der Waals surface area contributed by atoms with E-state index in [9.17, 15) is 9.59 Å². The zero-order valence-electron chi connectivity index (χ0n) is 28.1. The van der Waals surface area contributed by atoms with Gasteiger partial charge in [-0.3, -0.25) is 5.32 Å². The molecule has 2 aromatic heterocycles. The molecule has 1 aliphatic rings. The molecule has 4 aromatic rings. The van der Waals surface area contributed by atoms with E-state index in [1.54, 1.807) is 44.8 Å². The number of likely N-dealkylation sites (tertiary alicyclic amines) is 1. The minimum absolute atomic E-state index is 0.0448. The van der Waals surface area contributed by atoms with Crippen LogP contribution in [-0.4, -0.2) is 57.8 Å². The third kappa shape index (κ3) is 9.52. The van der Waals surface area contributed by atoms with E-state index < -0.39 is 18.1 Å². The van der Waals surface area contributed by atoms with Gasteiger partial charge in [-0.2, -0.15) is 0 Å². The Bertz CT molecular complexity index is 1710. The number of esters is 2. The summed E-state index contributed by atoms with van der Waals surface area (Å²) in [7, 11) is 5.21. The topological polar surface area (TPSA) is 100 Å². The number of aromatic nitrogens is 1. The van der Waals surface area contributed by atoms with Gasteiger partial charge < -0.3 is 23.8 Å². The van der Waals surface area contributed by atoms with Crippen molar-refractivity contribution < 1.29 is 33.5 Å². The Balaban J connectivity index is 1.29. The summed E-state index contributed by atoms with van der Waals surface area (Å²) in [5.41, 5.74) is 2.08. The number of rotatable bonds is 14. The third-order valence-corrected chi connectivity index (χ3v) is 10.6. The van der Waals surface area contributed by atoms with Crippen LogP contribution in [0.1, 0.15) is 63.2 Å². The number of thiophene rings is 1. The zero-order valence-corrected chi connectivity index (χ0v) is 30.4. The van der Waals surface area contributed by atoms with Gasteiger partial charge in [0.25, 0.3) is 0 Å². The second-order valence-corrected chi connectivity index (χ2v) is 14.5. The lowest BCUT2D eigenvalue weighted by molar-refractivity contribution is -0.377. The highest BCUT2D eigenvalue weighted by molar-refractivity contribution is 7.13. The van der Waals surface area contributed by atoms with Crippen LogP contribution in [0.3, 0.4) is 0 Å². The molecular formula is C37H42Cl2N3O6S+. The van der Waals surface area contributed by atoms with Crippen molar-refractivity contribution in [3.05, 3.63) is 110 Å². The summed E-state index contributed by atoms with van der Waals surface area (Å²) in [4.78, 5) is 33.5. The van der Waals surface area contributed by atoms with Gasteiger partial charge in [-0.1, -0.05) is 66.5 Å². The largest absolute Gasteiger partial charge is 0.493 e. The first-order valence-electron chi connectivity index (χ1n) is 16.1. The lowest BCUT2D eigenvalue weighted by Crippen LogP contribution is -2.40. The van der Waals surface area contributed by atoms with Gasteiger partial charge >= 0.3 is 11.9 Å². The van der Waals surface area contributed by atoms with E-state index in [0.717, 1.165) is 36.4 Å². The van der Waals surface area contributed by atoms with Crippen molar-refractivity contribution in [1.82, 2.24) is 10.2 Å². The van der Waals surface area contributed by atoms with Crippen molar-refractivity contribution in [1.29, 1.82) is 0 Å². The predicted octanol–water partition coefficient (Wildman–Crippen LogP) is 7.13. The average molecular weight is 728 g/mol. The maximum absolute atomic E-state index is 13.6. The van der Waals surface area contributed by atoms with Crippen LogP contribution in [0, 0.1) is 5.41 Å². The number of halogens is 2. The lowest BCUT2D eigenvalue weighted by Gasteiger charge is -2.37. The highest BCUT2D eigenvalue weighted by Gasteiger charge is 2.32. The van der Waals surface area contributed by atoms with E-state index in [1.165, 1.54) is 11.3 Å². The average Bonchev–Trinajstić information content (AvgIpc) is 3.59. The van der Waals surface area contributed by atoms with Crippen molar-refractivity contribution in [2.45, 2.75) is 44.9 Å². The molecule has 49 heavy (non-hydrogen) atoms. The number of pyridine rings is 1. The van der Waals surface area contributed by atoms with E-state index in [-0.39, 0.29) is 17.8 Å². The number of benzene rings is 2. The molecule has 2 aromatic carbocycles. The number of hydrogen-bond acceptors (Lipinski definition) is 9. The number of nitrogens with zero attached hydrogens (tertiary/aromatic N) is 1. The number of methoxy groups -OCH3 is 2. The van der Waals surface area contributed by atoms with Crippen LogP contribution in [0.25, 0.3) is 0 Å². The predicted molar refractivity (Wildman–Crippen MR) is 191 cm³/mol. The van der Waals surface area contributed by atoms with Crippen LogP contribution in [-0.2, 0) is 27.2 Å². The van der Waals surface area contributed by atoms with E-state index in [0.29, 0.717) is 50.7 Å². The molecule has 3 heterocycles. The molecule has 0 radical (unpaired) electrons. The molecule has 0 saturated carbocycles. The molecule has 0 bridgehead atoms. The third-order valence-electron chi connectivity index (χ3n) is 8.88. The molecule has 1 unspecified atom stereocenters. The molecule has 2 atom stereocenters. The van der Waals surface area contributed by atoms with Gasteiger partial charge in [0.1, 0.15) is 27.1 Å². The van der Waals surface area contributed by atoms with Crippen LogP contribution in [0.2, 0.25) is 10.0 Å². The summed E-state index contributed by atoms with van der Waals surface area (Å²) in [6.45, 7) is 4.87. The monoisotopic (exact) mass is 726 g/mol. The minimum atomic E-state index is -0.739. The lowest BCUT2D eigenvalue weighted by atomic mass is 9.81. The Morgan fingerprint density at radius 2 is 1.65 bits per heavy atom. The molecule has 0 spiro atoms. The molecule has 9 nitrogen and oxygen atoms in total. The van der Waals surface area contributed by atoms with E-state index in [2.05, 4.69) is 29.2 Å². The van der Waals surface area contributed by atoms with Crippen LogP contribution < -0.4 is 19.8 Å². The van der Waals surface area contributed by atoms with Crippen LogP contribution in [0.15, 0.2) is 73.1 Å². The molecule has 2 N–H and O–H groups in total. The summed E-state index contributed by atoms with van der Waals surface area (Å²) >= 11 is 14.3. The Labute approximate surface area is 301 Å². The number of carbonyl (C=O) groups excluding carboxylic acids is 2. The van der Waals surface area contributed by atoms with Gasteiger partial charge in [-0.15, -0.1) is 11.3 Å². The fraction of sp³-hybridized carbons (Fsp3) is 0.378. The number of hydrogen-bond donors (Lipinski definition) is 1. The van der Waals surface area contributed by atoms with Gasteiger partial charge in [0.05, 0.1) is 20.8 Å². The Morgan fingerprint density at radius 3 is 2.33 bits per heavy atom. The normalized spacial score (nSPS) is 15.6. The van der Waals surface area contributed by atoms with E-state index in [1.807, 2.05) is 42.5 Å².